The Kier molecular flexibility index (Phi) is 4.29. The summed E-state index contributed by atoms with van der Waals surface area (Å²) in [7, 11) is 0. The Balaban J connectivity index is 1.87. The van der Waals surface area contributed by atoms with E-state index >= 15 is 0 Å². The minimum absolute atomic E-state index is 0.00439. The zero-order valence-corrected chi connectivity index (χ0v) is 15.1. The molecule has 1 aliphatic heterocycles. The lowest BCUT2D eigenvalue weighted by molar-refractivity contribution is -0.156. The van der Waals surface area contributed by atoms with E-state index in [1.165, 1.54) is 0 Å². The van der Waals surface area contributed by atoms with Crippen LogP contribution >= 0.6 is 31.9 Å². The fraction of sp³-hybridized carbons (Fsp3) is 0.714. The molecule has 2 bridgehead atoms. The molecular weight excluding hydrogens is 438 g/mol. The van der Waals surface area contributed by atoms with Gasteiger partial charge in [0.15, 0.2) is 0 Å². The molecule has 1 heterocycles. The number of likely N-dealkylation sites (tertiary alicyclic amines) is 1. The van der Waals surface area contributed by atoms with Gasteiger partial charge < -0.3 is 10.2 Å². The van der Waals surface area contributed by atoms with Gasteiger partial charge in [0.2, 0.25) is 11.8 Å². The molecule has 3 rings (SSSR count). The van der Waals surface area contributed by atoms with E-state index < -0.39 is 48.1 Å². The van der Waals surface area contributed by atoms with E-state index in [2.05, 4.69) is 31.9 Å². The highest BCUT2D eigenvalue weighted by molar-refractivity contribution is 9.12. The predicted molar refractivity (Wildman–Crippen MR) is 84.2 cm³/mol. The lowest BCUT2D eigenvalue weighted by atomic mass is 9.81. The number of hydrogen-bond acceptors (Lipinski definition) is 4. The number of amides is 2. The molecule has 2 aliphatic carbocycles. The Labute approximate surface area is 148 Å². The number of imide groups is 1. The van der Waals surface area contributed by atoms with Gasteiger partial charge in [-0.05, 0) is 24.7 Å². The number of alkyl halides is 2. The van der Waals surface area contributed by atoms with E-state index in [0.717, 1.165) is 11.3 Å². The van der Waals surface area contributed by atoms with Gasteiger partial charge in [0.05, 0.1) is 11.8 Å². The standard InChI is InChI=1S/C14H15Br2NO6/c15-10-4-3-5(11(10)16)9-8(4)12(20)17(13(9)21)6(14(22)23)1-2-7(18)19/h4-6,8-11H,1-3H2,(H,18,19)(H,22,23)/t4-,5-,6-,8-,9-,10-,11+/m1/s1. The molecule has 7 nitrogen and oxygen atoms in total. The molecule has 2 amide bonds. The van der Waals surface area contributed by atoms with Gasteiger partial charge in [0, 0.05) is 16.1 Å². The summed E-state index contributed by atoms with van der Waals surface area (Å²) in [5.74, 6) is -4.39. The SMILES string of the molecule is O=C(O)CC[C@H](C(=O)O)N1C(=O)[C@@H]2[C@H]3C[C@@H]([C@@H](Br)[C@H]3Br)[C@H]2C1=O. The fourth-order valence-electron chi connectivity index (χ4n) is 4.30. The molecule has 9 heteroatoms. The zero-order chi connectivity index (χ0) is 17.0. The molecule has 0 radical (unpaired) electrons. The third-order valence-corrected chi connectivity index (χ3v) is 8.46. The normalized spacial score (nSPS) is 39.7. The number of rotatable bonds is 5. The Morgan fingerprint density at radius 3 is 1.96 bits per heavy atom. The predicted octanol–water partition coefficient (Wildman–Crippen LogP) is 1.08. The van der Waals surface area contributed by atoms with Gasteiger partial charge in [-0.25, -0.2) is 4.79 Å². The average molecular weight is 453 g/mol. The Morgan fingerprint density at radius 2 is 1.57 bits per heavy atom. The number of aliphatic carboxylic acids is 2. The summed E-state index contributed by atoms with van der Waals surface area (Å²) in [6, 6.07) is -1.40. The second-order valence-corrected chi connectivity index (χ2v) is 8.45. The highest BCUT2D eigenvalue weighted by Gasteiger charge is 2.67. The molecule has 126 valence electrons. The van der Waals surface area contributed by atoms with Gasteiger partial charge >= 0.3 is 11.9 Å². The van der Waals surface area contributed by atoms with E-state index in [1.807, 2.05) is 0 Å². The van der Waals surface area contributed by atoms with Crippen LogP contribution in [0.3, 0.4) is 0 Å². The topological polar surface area (TPSA) is 112 Å². The quantitative estimate of drug-likeness (QED) is 0.476. The first-order valence-electron chi connectivity index (χ1n) is 7.35. The molecule has 23 heavy (non-hydrogen) atoms. The van der Waals surface area contributed by atoms with Crippen LogP contribution in [0.1, 0.15) is 19.3 Å². The second kappa shape index (κ2) is 5.84. The fourth-order valence-corrected chi connectivity index (χ4v) is 6.18. The first-order valence-corrected chi connectivity index (χ1v) is 9.18. The number of halogens is 2. The summed E-state index contributed by atoms with van der Waals surface area (Å²) in [5.41, 5.74) is 0. The maximum absolute atomic E-state index is 12.7. The first kappa shape index (κ1) is 16.9. The van der Waals surface area contributed by atoms with Crippen molar-refractivity contribution in [3.05, 3.63) is 0 Å². The summed E-state index contributed by atoms with van der Waals surface area (Å²) in [4.78, 5) is 48.5. The molecule has 7 atom stereocenters. The Bertz CT molecular complexity index is 564. The molecule has 0 aromatic rings. The molecule has 1 saturated heterocycles. The minimum Gasteiger partial charge on any atom is -0.481 e. The number of hydrogen-bond donors (Lipinski definition) is 2. The van der Waals surface area contributed by atoms with E-state index in [-0.39, 0.29) is 27.9 Å². The molecule has 0 unspecified atom stereocenters. The van der Waals surface area contributed by atoms with Crippen LogP contribution in [0.2, 0.25) is 0 Å². The minimum atomic E-state index is -1.40. The van der Waals surface area contributed by atoms with Gasteiger partial charge in [-0.3, -0.25) is 19.3 Å². The van der Waals surface area contributed by atoms with E-state index in [1.54, 1.807) is 0 Å². The van der Waals surface area contributed by atoms with Crippen molar-refractivity contribution in [2.75, 3.05) is 0 Å². The monoisotopic (exact) mass is 451 g/mol. The van der Waals surface area contributed by atoms with E-state index in [9.17, 15) is 24.3 Å². The summed E-state index contributed by atoms with van der Waals surface area (Å²) < 4.78 is 0. The van der Waals surface area contributed by atoms with Crippen LogP contribution in [-0.4, -0.2) is 54.6 Å². The van der Waals surface area contributed by atoms with Gasteiger partial charge in [0.25, 0.3) is 0 Å². The number of carboxylic acid groups (broad SMARTS) is 2. The summed E-state index contributed by atoms with van der Waals surface area (Å²) >= 11 is 7.11. The number of fused-ring (bicyclic) bond motifs is 5. The highest BCUT2D eigenvalue weighted by atomic mass is 79.9. The Morgan fingerprint density at radius 1 is 1.09 bits per heavy atom. The van der Waals surface area contributed by atoms with Crippen LogP contribution in [0.5, 0.6) is 0 Å². The largest absolute Gasteiger partial charge is 0.481 e. The van der Waals surface area contributed by atoms with Crippen LogP contribution in [0.25, 0.3) is 0 Å². The molecular formula is C14H15Br2NO6. The maximum Gasteiger partial charge on any atom is 0.326 e. The molecule has 2 saturated carbocycles. The number of nitrogens with zero attached hydrogens (tertiary/aromatic N) is 1. The van der Waals surface area contributed by atoms with E-state index in [0.29, 0.717) is 0 Å². The van der Waals surface area contributed by atoms with Crippen molar-refractivity contribution >= 4 is 55.6 Å². The second-order valence-electron chi connectivity index (χ2n) is 6.34. The van der Waals surface area contributed by atoms with Crippen molar-refractivity contribution in [1.29, 1.82) is 0 Å². The molecule has 2 N–H and O–H groups in total. The highest BCUT2D eigenvalue weighted by Crippen LogP contribution is 2.60. The number of carboxylic acids is 2. The Hall–Kier alpha value is -0.960. The van der Waals surface area contributed by atoms with Crippen molar-refractivity contribution in [2.45, 2.75) is 35.0 Å². The number of carbonyl (C=O) groups excluding carboxylic acids is 2. The van der Waals surface area contributed by atoms with Gasteiger partial charge in [-0.15, -0.1) is 0 Å². The lowest BCUT2D eigenvalue weighted by Gasteiger charge is -2.28. The van der Waals surface area contributed by atoms with Crippen molar-refractivity contribution in [2.24, 2.45) is 23.7 Å². The third-order valence-electron chi connectivity index (χ3n) is 5.25. The molecule has 0 aromatic carbocycles. The van der Waals surface area contributed by atoms with Crippen molar-refractivity contribution < 1.29 is 29.4 Å². The van der Waals surface area contributed by atoms with Crippen LogP contribution in [0.4, 0.5) is 0 Å². The summed E-state index contributed by atoms with van der Waals surface area (Å²) in [5, 5.41) is 18.1. The maximum atomic E-state index is 12.7. The van der Waals surface area contributed by atoms with Crippen LogP contribution in [0.15, 0.2) is 0 Å². The van der Waals surface area contributed by atoms with Crippen molar-refractivity contribution in [1.82, 2.24) is 4.90 Å². The van der Waals surface area contributed by atoms with Gasteiger partial charge in [-0.2, -0.15) is 0 Å². The molecule has 3 aliphatic rings. The van der Waals surface area contributed by atoms with Crippen molar-refractivity contribution in [3.8, 4) is 0 Å². The summed E-state index contributed by atoms with van der Waals surface area (Å²) in [6.45, 7) is 0. The van der Waals surface area contributed by atoms with Crippen LogP contribution < -0.4 is 0 Å². The average Bonchev–Trinajstić information content (AvgIpc) is 3.06. The van der Waals surface area contributed by atoms with Crippen molar-refractivity contribution in [3.63, 3.8) is 0 Å². The summed E-state index contributed by atoms with van der Waals surface area (Å²) in [6.07, 6.45) is 0.0874. The first-order chi connectivity index (χ1) is 10.8. The van der Waals surface area contributed by atoms with Crippen LogP contribution in [-0.2, 0) is 19.2 Å². The molecule has 0 aromatic heterocycles. The van der Waals surface area contributed by atoms with E-state index in [4.69, 9.17) is 5.11 Å². The lowest BCUT2D eigenvalue weighted by Crippen LogP contribution is -2.46. The molecule has 0 spiro atoms. The van der Waals surface area contributed by atoms with Gasteiger partial charge in [-0.1, -0.05) is 31.9 Å². The zero-order valence-electron chi connectivity index (χ0n) is 11.9. The smallest absolute Gasteiger partial charge is 0.326 e. The molecule has 3 fully saturated rings. The van der Waals surface area contributed by atoms with Crippen LogP contribution in [0, 0.1) is 23.7 Å². The number of carbonyl (C=O) groups is 4. The third kappa shape index (κ3) is 2.43. The van der Waals surface area contributed by atoms with Gasteiger partial charge in [0.1, 0.15) is 6.04 Å².